The highest BCUT2D eigenvalue weighted by molar-refractivity contribution is 7.17. The number of rotatable bonds is 3. The van der Waals surface area contributed by atoms with Gasteiger partial charge in [-0.15, -0.1) is 11.3 Å². The Balaban J connectivity index is 1.68. The average Bonchev–Trinajstić information content (AvgIpc) is 3.25. The minimum absolute atomic E-state index is 0.0615. The van der Waals surface area contributed by atoms with Gasteiger partial charge in [0.2, 0.25) is 0 Å². The third-order valence-corrected chi connectivity index (χ3v) is 5.19. The van der Waals surface area contributed by atoms with Crippen molar-refractivity contribution in [3.8, 4) is 11.3 Å². The first-order valence-corrected chi connectivity index (χ1v) is 8.30. The van der Waals surface area contributed by atoms with Gasteiger partial charge in [-0.25, -0.2) is 4.98 Å². The molecule has 4 heterocycles. The number of hydrogen-bond donors (Lipinski definition) is 0. The molecule has 122 valence electrons. The van der Waals surface area contributed by atoms with Crippen molar-refractivity contribution in [1.82, 2.24) is 24.5 Å². The number of aromatic nitrogens is 5. The fraction of sp³-hybridized carbons (Fsp3) is 0.250. The summed E-state index contributed by atoms with van der Waals surface area (Å²) in [5.41, 5.74) is 4.36. The van der Waals surface area contributed by atoms with Gasteiger partial charge < -0.3 is 4.52 Å². The number of fused-ring (bicyclic) bond motifs is 1. The Bertz CT molecular complexity index is 1100. The highest BCUT2D eigenvalue weighted by Gasteiger charge is 2.14. The van der Waals surface area contributed by atoms with Crippen LogP contribution in [0.25, 0.3) is 21.5 Å². The number of thiophene rings is 1. The maximum atomic E-state index is 12.5. The van der Waals surface area contributed by atoms with Crippen LogP contribution in [0, 0.1) is 13.8 Å². The summed E-state index contributed by atoms with van der Waals surface area (Å²) in [6.45, 7) is 4.22. The summed E-state index contributed by atoms with van der Waals surface area (Å²) in [6.07, 6.45) is 3.31. The first kappa shape index (κ1) is 14.8. The van der Waals surface area contributed by atoms with Crippen molar-refractivity contribution in [1.29, 1.82) is 0 Å². The molecule has 0 aliphatic heterocycles. The summed E-state index contributed by atoms with van der Waals surface area (Å²) < 4.78 is 9.38. The first-order chi connectivity index (χ1) is 11.5. The van der Waals surface area contributed by atoms with Crippen LogP contribution in [-0.2, 0) is 13.6 Å². The third kappa shape index (κ3) is 2.26. The smallest absolute Gasteiger partial charge is 0.271 e. The van der Waals surface area contributed by atoms with Gasteiger partial charge in [-0.2, -0.15) is 5.10 Å². The van der Waals surface area contributed by atoms with E-state index in [-0.39, 0.29) is 5.56 Å². The third-order valence-electron chi connectivity index (χ3n) is 4.12. The molecule has 0 bridgehead atoms. The molecule has 0 aromatic carbocycles. The van der Waals surface area contributed by atoms with Crippen LogP contribution in [-0.4, -0.2) is 24.5 Å². The van der Waals surface area contributed by atoms with Crippen LogP contribution in [0.2, 0.25) is 0 Å². The molecule has 0 saturated heterocycles. The highest BCUT2D eigenvalue weighted by atomic mass is 32.1. The van der Waals surface area contributed by atoms with E-state index in [2.05, 4.69) is 15.2 Å². The molecule has 0 atom stereocenters. The molecule has 4 rings (SSSR count). The van der Waals surface area contributed by atoms with E-state index < -0.39 is 0 Å². The average molecular weight is 341 g/mol. The van der Waals surface area contributed by atoms with Crippen molar-refractivity contribution in [2.45, 2.75) is 20.4 Å². The van der Waals surface area contributed by atoms with Gasteiger partial charge >= 0.3 is 0 Å². The van der Waals surface area contributed by atoms with Crippen LogP contribution in [0.15, 0.2) is 33.3 Å². The van der Waals surface area contributed by atoms with E-state index in [1.807, 2.05) is 32.3 Å². The Hall–Kier alpha value is -2.74. The second-order valence-electron chi connectivity index (χ2n) is 5.72. The predicted molar refractivity (Wildman–Crippen MR) is 91.2 cm³/mol. The van der Waals surface area contributed by atoms with Crippen molar-refractivity contribution in [2.24, 2.45) is 7.05 Å². The Morgan fingerprint density at radius 1 is 1.33 bits per heavy atom. The fourth-order valence-electron chi connectivity index (χ4n) is 2.61. The van der Waals surface area contributed by atoms with Crippen LogP contribution in [0.5, 0.6) is 0 Å². The second kappa shape index (κ2) is 5.41. The Morgan fingerprint density at radius 3 is 2.92 bits per heavy atom. The van der Waals surface area contributed by atoms with Crippen molar-refractivity contribution in [3.05, 3.63) is 51.3 Å². The Morgan fingerprint density at radius 2 is 2.17 bits per heavy atom. The topological polar surface area (TPSA) is 78.7 Å². The zero-order chi connectivity index (χ0) is 16.8. The van der Waals surface area contributed by atoms with Gasteiger partial charge in [0.05, 0.1) is 24.6 Å². The number of aryl methyl sites for hydroxylation is 2. The van der Waals surface area contributed by atoms with Gasteiger partial charge in [-0.1, -0.05) is 5.16 Å². The van der Waals surface area contributed by atoms with E-state index in [0.717, 1.165) is 22.3 Å². The normalized spacial score (nSPS) is 11.5. The molecule has 0 fully saturated rings. The van der Waals surface area contributed by atoms with Crippen molar-refractivity contribution in [3.63, 3.8) is 0 Å². The largest absolute Gasteiger partial charge is 0.359 e. The van der Waals surface area contributed by atoms with Gasteiger partial charge in [-0.3, -0.25) is 14.0 Å². The standard InChI is InChI=1S/C16H15N5O2S/c1-9-7-24-15-14(9)17-8-21(16(15)22)6-11-4-13(19-23-11)12-5-18-20(3)10(12)2/h4-5,7-8H,6H2,1-3H3. The van der Waals surface area contributed by atoms with Crippen LogP contribution in [0.4, 0.5) is 0 Å². The van der Waals surface area contributed by atoms with Crippen LogP contribution < -0.4 is 5.56 Å². The van der Waals surface area contributed by atoms with E-state index in [1.165, 1.54) is 11.3 Å². The summed E-state index contributed by atoms with van der Waals surface area (Å²) >= 11 is 1.42. The summed E-state index contributed by atoms with van der Waals surface area (Å²) in [6, 6.07) is 1.83. The molecule has 0 radical (unpaired) electrons. The number of nitrogens with zero attached hydrogens (tertiary/aromatic N) is 5. The molecule has 4 aromatic rings. The van der Waals surface area contributed by atoms with E-state index >= 15 is 0 Å². The molecule has 0 spiro atoms. The molecular formula is C16H15N5O2S. The summed E-state index contributed by atoms with van der Waals surface area (Å²) in [4.78, 5) is 16.9. The lowest BCUT2D eigenvalue weighted by molar-refractivity contribution is 0.376. The molecule has 8 heteroatoms. The Labute approximate surface area is 141 Å². The molecule has 0 N–H and O–H groups in total. The molecule has 0 unspecified atom stereocenters. The van der Waals surface area contributed by atoms with Gasteiger partial charge in [0.15, 0.2) is 5.76 Å². The van der Waals surface area contributed by atoms with Crippen LogP contribution in [0.3, 0.4) is 0 Å². The van der Waals surface area contributed by atoms with Gasteiger partial charge in [0, 0.05) is 24.4 Å². The van der Waals surface area contributed by atoms with E-state index in [1.54, 1.807) is 21.8 Å². The molecule has 4 aromatic heterocycles. The Kier molecular flexibility index (Phi) is 3.34. The van der Waals surface area contributed by atoms with E-state index in [4.69, 9.17) is 4.52 Å². The molecule has 0 saturated carbocycles. The van der Waals surface area contributed by atoms with Crippen LogP contribution in [0.1, 0.15) is 17.0 Å². The fourth-order valence-corrected chi connectivity index (χ4v) is 3.56. The SMILES string of the molecule is Cc1csc2c(=O)n(Cc3cc(-c4cnn(C)c4C)no3)cnc12. The minimum atomic E-state index is -0.0615. The highest BCUT2D eigenvalue weighted by Crippen LogP contribution is 2.23. The monoisotopic (exact) mass is 341 g/mol. The molecule has 7 nitrogen and oxygen atoms in total. The summed E-state index contributed by atoms with van der Waals surface area (Å²) in [5.74, 6) is 0.602. The van der Waals surface area contributed by atoms with E-state index in [0.29, 0.717) is 22.7 Å². The van der Waals surface area contributed by atoms with Gasteiger partial charge in [-0.05, 0) is 24.8 Å². The maximum Gasteiger partial charge on any atom is 0.271 e. The zero-order valence-electron chi connectivity index (χ0n) is 13.5. The first-order valence-electron chi connectivity index (χ1n) is 7.42. The molecule has 0 aliphatic carbocycles. The summed E-state index contributed by atoms with van der Waals surface area (Å²) in [7, 11) is 1.88. The minimum Gasteiger partial charge on any atom is -0.359 e. The van der Waals surface area contributed by atoms with Crippen LogP contribution >= 0.6 is 11.3 Å². The van der Waals surface area contributed by atoms with Gasteiger partial charge in [0.1, 0.15) is 10.4 Å². The lowest BCUT2D eigenvalue weighted by atomic mass is 10.2. The maximum absolute atomic E-state index is 12.5. The molecule has 0 aliphatic rings. The quantitative estimate of drug-likeness (QED) is 0.572. The van der Waals surface area contributed by atoms with Crippen molar-refractivity contribution in [2.75, 3.05) is 0 Å². The number of hydrogen-bond acceptors (Lipinski definition) is 6. The molecule has 24 heavy (non-hydrogen) atoms. The lowest BCUT2D eigenvalue weighted by Gasteiger charge is -2.01. The van der Waals surface area contributed by atoms with Gasteiger partial charge in [0.25, 0.3) is 5.56 Å². The summed E-state index contributed by atoms with van der Waals surface area (Å²) in [5, 5.41) is 10.2. The molecular weight excluding hydrogens is 326 g/mol. The molecule has 0 amide bonds. The predicted octanol–water partition coefficient (Wildman–Crippen LogP) is 2.51. The lowest BCUT2D eigenvalue weighted by Crippen LogP contribution is -2.20. The second-order valence-corrected chi connectivity index (χ2v) is 6.60. The van der Waals surface area contributed by atoms with Crippen molar-refractivity contribution >= 4 is 21.6 Å². The van der Waals surface area contributed by atoms with E-state index in [9.17, 15) is 4.79 Å². The van der Waals surface area contributed by atoms with Crippen molar-refractivity contribution < 1.29 is 4.52 Å². The zero-order valence-corrected chi connectivity index (χ0v) is 14.3.